The number of rotatable bonds is 4. The Hall–Kier alpha value is -0.520. The molecule has 0 saturated carbocycles. The molecule has 0 radical (unpaired) electrons. The van der Waals surface area contributed by atoms with Gasteiger partial charge in [-0.2, -0.15) is 0 Å². The van der Waals surface area contributed by atoms with Crippen LogP contribution in [0.3, 0.4) is 0 Å². The van der Waals surface area contributed by atoms with Gasteiger partial charge in [0.05, 0.1) is 0 Å². The summed E-state index contributed by atoms with van der Waals surface area (Å²) >= 11 is 3.34. The molecule has 1 aliphatic heterocycles. The summed E-state index contributed by atoms with van der Waals surface area (Å²) in [5.41, 5.74) is 0.909. The molecule has 0 atom stereocenters. The lowest BCUT2D eigenvalue weighted by atomic mass is 10.0. The van der Waals surface area contributed by atoms with E-state index in [4.69, 9.17) is 0 Å². The van der Waals surface area contributed by atoms with E-state index in [1.807, 2.05) is 6.07 Å². The van der Waals surface area contributed by atoms with Gasteiger partial charge in [-0.25, -0.2) is 8.78 Å². The minimum atomic E-state index is -2.39. The van der Waals surface area contributed by atoms with Crippen LogP contribution in [-0.4, -0.2) is 37.6 Å². The Labute approximate surface area is 114 Å². The van der Waals surface area contributed by atoms with E-state index >= 15 is 0 Å². The lowest BCUT2D eigenvalue weighted by Gasteiger charge is -2.27. The normalized spacial score (nSPS) is 17.3. The van der Waals surface area contributed by atoms with E-state index in [1.54, 1.807) is 6.07 Å². The van der Waals surface area contributed by atoms with Crippen LogP contribution in [0, 0.1) is 0 Å². The number of nitrogens with zero attached hydrogens (tertiary/aromatic N) is 1. The van der Waals surface area contributed by atoms with Crippen molar-refractivity contribution in [3.8, 4) is 0 Å². The zero-order chi connectivity index (χ0) is 13.0. The largest absolute Gasteiger partial charge is 0.314 e. The molecule has 0 aliphatic carbocycles. The molecule has 1 N–H and O–H groups in total. The first-order chi connectivity index (χ1) is 8.66. The van der Waals surface area contributed by atoms with Gasteiger partial charge in [0.25, 0.3) is 6.43 Å². The van der Waals surface area contributed by atoms with Gasteiger partial charge >= 0.3 is 0 Å². The molecule has 1 saturated heterocycles. The number of piperazine rings is 1. The first-order valence-electron chi connectivity index (χ1n) is 6.16. The Morgan fingerprint density at radius 1 is 1.28 bits per heavy atom. The Balaban J connectivity index is 2.00. The van der Waals surface area contributed by atoms with E-state index in [0.717, 1.165) is 42.8 Å². The van der Waals surface area contributed by atoms with Crippen LogP contribution in [0.15, 0.2) is 22.7 Å². The Morgan fingerprint density at radius 2 is 2.00 bits per heavy atom. The molecule has 2 nitrogen and oxygen atoms in total. The second kappa shape index (κ2) is 6.59. The van der Waals surface area contributed by atoms with Crippen molar-refractivity contribution in [3.05, 3.63) is 33.8 Å². The molecule has 1 heterocycles. The Bertz CT molecular complexity index is 393. The van der Waals surface area contributed by atoms with Crippen LogP contribution in [0.1, 0.15) is 17.6 Å². The molecule has 1 aromatic carbocycles. The second-order valence-electron chi connectivity index (χ2n) is 4.49. The van der Waals surface area contributed by atoms with Crippen LogP contribution in [0.5, 0.6) is 0 Å². The zero-order valence-corrected chi connectivity index (χ0v) is 11.7. The first kappa shape index (κ1) is 13.9. The van der Waals surface area contributed by atoms with Crippen molar-refractivity contribution < 1.29 is 8.78 Å². The Morgan fingerprint density at radius 3 is 2.67 bits per heavy atom. The van der Waals surface area contributed by atoms with Crippen LogP contribution in [-0.2, 0) is 6.42 Å². The predicted octanol–water partition coefficient (Wildman–Crippen LogP) is 2.83. The highest BCUT2D eigenvalue weighted by Crippen LogP contribution is 2.26. The Kier molecular flexibility index (Phi) is 5.09. The van der Waals surface area contributed by atoms with E-state index in [0.29, 0.717) is 6.42 Å². The number of hydrogen-bond donors (Lipinski definition) is 1. The monoisotopic (exact) mass is 318 g/mol. The summed E-state index contributed by atoms with van der Waals surface area (Å²) in [6.45, 7) is 4.81. The van der Waals surface area contributed by atoms with E-state index in [2.05, 4.69) is 26.1 Å². The van der Waals surface area contributed by atoms with Gasteiger partial charge in [-0.05, 0) is 24.1 Å². The second-order valence-corrected chi connectivity index (χ2v) is 5.40. The minimum absolute atomic E-state index is 0.160. The fourth-order valence-electron chi connectivity index (χ4n) is 2.22. The van der Waals surface area contributed by atoms with Gasteiger partial charge in [-0.15, -0.1) is 0 Å². The molecule has 0 spiro atoms. The molecule has 0 unspecified atom stereocenters. The highest BCUT2D eigenvalue weighted by Gasteiger charge is 2.15. The summed E-state index contributed by atoms with van der Waals surface area (Å²) in [6.07, 6.45) is -1.71. The molecule has 0 aromatic heterocycles. The van der Waals surface area contributed by atoms with Gasteiger partial charge < -0.3 is 10.2 Å². The molecule has 18 heavy (non-hydrogen) atoms. The first-order valence-corrected chi connectivity index (χ1v) is 6.95. The van der Waals surface area contributed by atoms with Crippen LogP contribution >= 0.6 is 15.9 Å². The van der Waals surface area contributed by atoms with Crippen molar-refractivity contribution in [2.24, 2.45) is 0 Å². The third kappa shape index (κ3) is 3.73. The van der Waals surface area contributed by atoms with Gasteiger partial charge in [0, 0.05) is 42.8 Å². The number of nitrogens with one attached hydrogen (secondary N) is 1. The summed E-state index contributed by atoms with van der Waals surface area (Å²) in [4.78, 5) is 2.31. The maximum Gasteiger partial charge on any atom is 0.264 e. The molecule has 0 amide bonds. The van der Waals surface area contributed by atoms with E-state index in [1.165, 1.54) is 6.07 Å². The van der Waals surface area contributed by atoms with Crippen LogP contribution in [0.25, 0.3) is 0 Å². The fraction of sp³-hybridized carbons (Fsp3) is 0.538. The van der Waals surface area contributed by atoms with Gasteiger partial charge in [0.1, 0.15) is 0 Å². The van der Waals surface area contributed by atoms with E-state index in [9.17, 15) is 8.78 Å². The number of hydrogen-bond acceptors (Lipinski definition) is 2. The highest BCUT2D eigenvalue weighted by molar-refractivity contribution is 9.10. The standard InChI is InChI=1S/C13H17BrF2N2/c14-11-1-2-12(13(15)16)10(9-11)3-6-18-7-4-17-5-8-18/h1-2,9,13,17H,3-8H2. The van der Waals surface area contributed by atoms with Crippen molar-refractivity contribution in [1.29, 1.82) is 0 Å². The minimum Gasteiger partial charge on any atom is -0.314 e. The van der Waals surface area contributed by atoms with Crippen LogP contribution < -0.4 is 5.32 Å². The van der Waals surface area contributed by atoms with Crippen molar-refractivity contribution in [3.63, 3.8) is 0 Å². The predicted molar refractivity (Wildman–Crippen MR) is 72.1 cm³/mol. The number of halogens is 3. The van der Waals surface area contributed by atoms with E-state index in [-0.39, 0.29) is 5.56 Å². The summed E-state index contributed by atoms with van der Waals surface area (Å²) < 4.78 is 26.6. The molecule has 0 bridgehead atoms. The highest BCUT2D eigenvalue weighted by atomic mass is 79.9. The summed E-state index contributed by atoms with van der Waals surface area (Å²) in [5.74, 6) is 0. The van der Waals surface area contributed by atoms with Crippen molar-refractivity contribution in [2.45, 2.75) is 12.8 Å². The topological polar surface area (TPSA) is 15.3 Å². The quantitative estimate of drug-likeness (QED) is 0.918. The third-order valence-corrected chi connectivity index (χ3v) is 3.74. The molecule has 1 aliphatic rings. The lowest BCUT2D eigenvalue weighted by Crippen LogP contribution is -2.44. The van der Waals surface area contributed by atoms with Crippen molar-refractivity contribution in [2.75, 3.05) is 32.7 Å². The average molecular weight is 319 g/mol. The summed E-state index contributed by atoms with van der Waals surface area (Å²) in [6, 6.07) is 5.00. The smallest absolute Gasteiger partial charge is 0.264 e. The zero-order valence-electron chi connectivity index (χ0n) is 10.1. The fourth-order valence-corrected chi connectivity index (χ4v) is 2.63. The van der Waals surface area contributed by atoms with Crippen molar-refractivity contribution >= 4 is 15.9 Å². The SMILES string of the molecule is FC(F)c1ccc(Br)cc1CCN1CCNCC1. The molecule has 1 fully saturated rings. The summed E-state index contributed by atoms with van der Waals surface area (Å²) in [5, 5.41) is 3.28. The van der Waals surface area contributed by atoms with Gasteiger partial charge in [-0.1, -0.05) is 22.0 Å². The molecule has 100 valence electrons. The third-order valence-electron chi connectivity index (χ3n) is 3.25. The summed E-state index contributed by atoms with van der Waals surface area (Å²) in [7, 11) is 0. The van der Waals surface area contributed by atoms with Crippen molar-refractivity contribution in [1.82, 2.24) is 10.2 Å². The molecular formula is C13H17BrF2N2. The number of alkyl halides is 2. The molecular weight excluding hydrogens is 302 g/mol. The van der Waals surface area contributed by atoms with Gasteiger partial charge in [-0.3, -0.25) is 0 Å². The maximum atomic E-state index is 12.9. The number of benzene rings is 1. The molecule has 2 rings (SSSR count). The molecule has 5 heteroatoms. The van der Waals surface area contributed by atoms with Gasteiger partial charge in [0.2, 0.25) is 0 Å². The van der Waals surface area contributed by atoms with E-state index < -0.39 is 6.43 Å². The maximum absolute atomic E-state index is 12.9. The average Bonchev–Trinajstić information content (AvgIpc) is 2.37. The van der Waals surface area contributed by atoms with Gasteiger partial charge in [0.15, 0.2) is 0 Å². The van der Waals surface area contributed by atoms with Crippen LogP contribution in [0.4, 0.5) is 8.78 Å². The molecule has 1 aromatic rings. The lowest BCUT2D eigenvalue weighted by molar-refractivity contribution is 0.149. The van der Waals surface area contributed by atoms with Crippen LogP contribution in [0.2, 0.25) is 0 Å².